The van der Waals surface area contributed by atoms with E-state index in [1.54, 1.807) is 0 Å². The van der Waals surface area contributed by atoms with Crippen LogP contribution in [0.15, 0.2) is 0 Å². The number of rotatable bonds is 6. The molecular weight excluding hydrogens is 274 g/mol. The van der Waals surface area contributed by atoms with Gasteiger partial charge in [0.25, 0.3) is 0 Å². The van der Waals surface area contributed by atoms with Crippen LogP contribution in [0.25, 0.3) is 0 Å². The van der Waals surface area contributed by atoms with Crippen molar-refractivity contribution in [3.05, 3.63) is 0 Å². The maximum absolute atomic E-state index is 11.8. The highest BCUT2D eigenvalue weighted by Crippen LogP contribution is 2.13. The van der Waals surface area contributed by atoms with Crippen LogP contribution in [-0.2, 0) is 24.2 Å². The number of amides is 1. The molecule has 2 atom stereocenters. The van der Waals surface area contributed by atoms with Gasteiger partial charge in [0.15, 0.2) is 0 Å². The molecule has 0 aromatic heterocycles. The molecule has 0 saturated carbocycles. The van der Waals surface area contributed by atoms with Gasteiger partial charge < -0.3 is 15.2 Å². The van der Waals surface area contributed by atoms with Crippen molar-refractivity contribution >= 4 is 21.7 Å². The van der Waals surface area contributed by atoms with Crippen LogP contribution in [0.5, 0.6) is 0 Å². The number of carboxylic acid groups (broad SMARTS) is 1. The molecule has 1 aliphatic rings. The molecule has 0 aliphatic carbocycles. The third kappa shape index (κ3) is 6.02. The number of ether oxygens (including phenoxy) is 1. The molecule has 1 rings (SSSR count). The zero-order valence-electron chi connectivity index (χ0n) is 10.8. The SMILES string of the molecule is CS(=O)(=O)CCC(NC(=O)C1CCCCO1)C(=O)O. The number of hydrogen-bond acceptors (Lipinski definition) is 5. The first-order chi connectivity index (χ1) is 8.79. The molecule has 1 aliphatic heterocycles. The normalized spacial score (nSPS) is 21.6. The topological polar surface area (TPSA) is 110 Å². The standard InChI is InChI=1S/C11H19NO6S/c1-19(16,17)7-5-8(11(14)15)12-10(13)9-4-2-3-6-18-9/h8-9H,2-7H2,1H3,(H,12,13)(H,14,15). The molecule has 0 aromatic carbocycles. The average Bonchev–Trinajstić information content (AvgIpc) is 2.33. The number of sulfone groups is 1. The van der Waals surface area contributed by atoms with Gasteiger partial charge >= 0.3 is 5.97 Å². The van der Waals surface area contributed by atoms with Crippen LogP contribution in [0.4, 0.5) is 0 Å². The zero-order chi connectivity index (χ0) is 14.5. The molecule has 0 bridgehead atoms. The largest absolute Gasteiger partial charge is 0.480 e. The Balaban J connectivity index is 2.52. The van der Waals surface area contributed by atoms with Crippen LogP contribution in [0.1, 0.15) is 25.7 Å². The van der Waals surface area contributed by atoms with Crippen molar-refractivity contribution in [1.82, 2.24) is 5.32 Å². The lowest BCUT2D eigenvalue weighted by molar-refractivity contribution is -0.145. The van der Waals surface area contributed by atoms with E-state index < -0.39 is 33.9 Å². The van der Waals surface area contributed by atoms with Crippen molar-refractivity contribution in [3.8, 4) is 0 Å². The molecule has 1 fully saturated rings. The number of carboxylic acids is 1. The van der Waals surface area contributed by atoms with Gasteiger partial charge in [-0.2, -0.15) is 0 Å². The molecule has 8 heteroatoms. The van der Waals surface area contributed by atoms with Crippen molar-refractivity contribution in [2.45, 2.75) is 37.8 Å². The van der Waals surface area contributed by atoms with Crippen LogP contribution in [0.2, 0.25) is 0 Å². The lowest BCUT2D eigenvalue weighted by Gasteiger charge is -2.23. The number of nitrogens with one attached hydrogen (secondary N) is 1. The van der Waals surface area contributed by atoms with Crippen molar-refractivity contribution in [2.75, 3.05) is 18.6 Å². The smallest absolute Gasteiger partial charge is 0.326 e. The van der Waals surface area contributed by atoms with Crippen LogP contribution in [0.3, 0.4) is 0 Å². The Morgan fingerprint density at radius 2 is 2.11 bits per heavy atom. The van der Waals surface area contributed by atoms with Gasteiger partial charge in [0.1, 0.15) is 22.0 Å². The summed E-state index contributed by atoms with van der Waals surface area (Å²) < 4.78 is 27.3. The van der Waals surface area contributed by atoms with E-state index in [0.717, 1.165) is 19.1 Å². The quantitative estimate of drug-likeness (QED) is 0.687. The summed E-state index contributed by atoms with van der Waals surface area (Å²) in [6.07, 6.45) is 2.56. The van der Waals surface area contributed by atoms with Gasteiger partial charge in [-0.1, -0.05) is 0 Å². The minimum atomic E-state index is -3.26. The van der Waals surface area contributed by atoms with Crippen molar-refractivity contribution in [1.29, 1.82) is 0 Å². The van der Waals surface area contributed by atoms with E-state index in [4.69, 9.17) is 9.84 Å². The van der Waals surface area contributed by atoms with Gasteiger partial charge in [-0.3, -0.25) is 4.79 Å². The second kappa shape index (κ2) is 6.85. The molecule has 110 valence electrons. The molecule has 1 amide bonds. The molecule has 2 unspecified atom stereocenters. The minimum Gasteiger partial charge on any atom is -0.480 e. The van der Waals surface area contributed by atoms with E-state index in [-0.39, 0.29) is 12.2 Å². The maximum Gasteiger partial charge on any atom is 0.326 e. The molecule has 0 spiro atoms. The Kier molecular flexibility index (Phi) is 5.74. The molecule has 2 N–H and O–H groups in total. The van der Waals surface area contributed by atoms with Gasteiger partial charge in [0, 0.05) is 12.9 Å². The van der Waals surface area contributed by atoms with Crippen molar-refractivity contribution < 1.29 is 27.9 Å². The van der Waals surface area contributed by atoms with E-state index >= 15 is 0 Å². The Morgan fingerprint density at radius 3 is 2.58 bits per heavy atom. The summed E-state index contributed by atoms with van der Waals surface area (Å²) in [5.41, 5.74) is 0. The fraction of sp³-hybridized carbons (Fsp3) is 0.818. The number of aliphatic carboxylic acids is 1. The fourth-order valence-electron chi connectivity index (χ4n) is 1.80. The molecule has 19 heavy (non-hydrogen) atoms. The first-order valence-electron chi connectivity index (χ1n) is 6.12. The predicted molar refractivity (Wildman–Crippen MR) is 67.5 cm³/mol. The molecule has 0 aromatic rings. The van der Waals surface area contributed by atoms with E-state index in [0.29, 0.717) is 13.0 Å². The van der Waals surface area contributed by atoms with Crippen LogP contribution < -0.4 is 5.32 Å². The van der Waals surface area contributed by atoms with Gasteiger partial charge in [-0.05, 0) is 25.7 Å². The van der Waals surface area contributed by atoms with E-state index in [1.807, 2.05) is 0 Å². The van der Waals surface area contributed by atoms with Crippen LogP contribution in [-0.4, -0.2) is 56.2 Å². The number of carbonyl (C=O) groups is 2. The van der Waals surface area contributed by atoms with Crippen molar-refractivity contribution in [3.63, 3.8) is 0 Å². The predicted octanol–water partition coefficient (Wildman–Crippen LogP) is -0.440. The zero-order valence-corrected chi connectivity index (χ0v) is 11.6. The highest BCUT2D eigenvalue weighted by Gasteiger charge is 2.27. The van der Waals surface area contributed by atoms with E-state index in [1.165, 1.54) is 0 Å². The summed E-state index contributed by atoms with van der Waals surface area (Å²) in [6, 6.07) is -1.20. The van der Waals surface area contributed by atoms with E-state index in [2.05, 4.69) is 5.32 Å². The third-order valence-corrected chi connectivity index (χ3v) is 3.84. The van der Waals surface area contributed by atoms with Gasteiger partial charge in [0.2, 0.25) is 5.91 Å². The summed E-state index contributed by atoms with van der Waals surface area (Å²) in [6.45, 7) is 0.485. The summed E-state index contributed by atoms with van der Waals surface area (Å²) >= 11 is 0. The fourth-order valence-corrected chi connectivity index (χ4v) is 2.47. The maximum atomic E-state index is 11.8. The Hall–Kier alpha value is -1.15. The second-order valence-electron chi connectivity index (χ2n) is 4.67. The molecule has 1 heterocycles. The van der Waals surface area contributed by atoms with Crippen LogP contribution in [0, 0.1) is 0 Å². The lowest BCUT2D eigenvalue weighted by atomic mass is 10.1. The molecular formula is C11H19NO6S. The molecule has 0 radical (unpaired) electrons. The summed E-state index contributed by atoms with van der Waals surface area (Å²) in [7, 11) is -3.26. The summed E-state index contributed by atoms with van der Waals surface area (Å²) in [5.74, 6) is -2.01. The minimum absolute atomic E-state index is 0.146. The Morgan fingerprint density at radius 1 is 1.42 bits per heavy atom. The molecule has 1 saturated heterocycles. The van der Waals surface area contributed by atoms with Crippen LogP contribution >= 0.6 is 0 Å². The molecule has 7 nitrogen and oxygen atoms in total. The van der Waals surface area contributed by atoms with Gasteiger partial charge in [-0.25, -0.2) is 13.2 Å². The average molecular weight is 293 g/mol. The van der Waals surface area contributed by atoms with E-state index in [9.17, 15) is 18.0 Å². The Bertz CT molecular complexity index is 426. The lowest BCUT2D eigenvalue weighted by Crippen LogP contribution is -2.47. The van der Waals surface area contributed by atoms with Crippen molar-refractivity contribution in [2.24, 2.45) is 0 Å². The number of hydrogen-bond donors (Lipinski definition) is 2. The highest BCUT2D eigenvalue weighted by molar-refractivity contribution is 7.90. The second-order valence-corrected chi connectivity index (χ2v) is 6.93. The van der Waals surface area contributed by atoms with Gasteiger partial charge in [0.05, 0.1) is 5.75 Å². The monoisotopic (exact) mass is 293 g/mol. The Labute approximate surface area is 112 Å². The highest BCUT2D eigenvalue weighted by atomic mass is 32.2. The first kappa shape index (κ1) is 15.9. The third-order valence-electron chi connectivity index (χ3n) is 2.86. The van der Waals surface area contributed by atoms with Gasteiger partial charge in [-0.15, -0.1) is 0 Å². The summed E-state index contributed by atoms with van der Waals surface area (Å²) in [5, 5.41) is 11.3. The summed E-state index contributed by atoms with van der Waals surface area (Å²) in [4.78, 5) is 22.8. The first-order valence-corrected chi connectivity index (χ1v) is 8.18. The number of carbonyl (C=O) groups excluding carboxylic acids is 1.